The molecule has 7 nitrogen and oxygen atoms in total. The van der Waals surface area contributed by atoms with E-state index in [4.69, 9.17) is 4.74 Å². The summed E-state index contributed by atoms with van der Waals surface area (Å²) < 4.78 is 31.7. The van der Waals surface area contributed by atoms with Gasteiger partial charge in [0.05, 0.1) is 25.2 Å². The Bertz CT molecular complexity index is 1000. The van der Waals surface area contributed by atoms with Gasteiger partial charge >= 0.3 is 0 Å². The van der Waals surface area contributed by atoms with Crippen LogP contribution in [0.25, 0.3) is 0 Å². The van der Waals surface area contributed by atoms with Gasteiger partial charge in [0.15, 0.2) is 0 Å². The number of ether oxygens (including phenoxy) is 1. The summed E-state index contributed by atoms with van der Waals surface area (Å²) in [4.78, 5) is 15.4. The van der Waals surface area contributed by atoms with Crippen LogP contribution in [0.2, 0.25) is 0 Å². The number of amides is 1. The van der Waals surface area contributed by atoms with Gasteiger partial charge in [0.25, 0.3) is 0 Å². The van der Waals surface area contributed by atoms with Crippen molar-refractivity contribution in [1.82, 2.24) is 10.2 Å². The average Bonchev–Trinajstić information content (AvgIpc) is 2.77. The van der Waals surface area contributed by atoms with Crippen LogP contribution in [-0.4, -0.2) is 57.8 Å². The number of nitrogens with zero attached hydrogens (tertiary/aromatic N) is 2. The van der Waals surface area contributed by atoms with Gasteiger partial charge in [-0.2, -0.15) is 0 Å². The topological polar surface area (TPSA) is 79.0 Å². The SMILES string of the molecule is CC[C@H](C(=O)NCc1cccc(CN2CCOCC2)c1)N(c1ccc(C)cc1)S(C)(=O)=O. The van der Waals surface area contributed by atoms with E-state index in [0.29, 0.717) is 18.7 Å². The Hall–Kier alpha value is -2.42. The number of benzene rings is 2. The summed E-state index contributed by atoms with van der Waals surface area (Å²) in [6.45, 7) is 8.29. The first-order valence-corrected chi connectivity index (χ1v) is 12.8. The maximum Gasteiger partial charge on any atom is 0.244 e. The van der Waals surface area contributed by atoms with Crippen LogP contribution in [0.5, 0.6) is 0 Å². The maximum atomic E-state index is 13.0. The van der Waals surface area contributed by atoms with Gasteiger partial charge < -0.3 is 10.1 Å². The van der Waals surface area contributed by atoms with Crippen LogP contribution >= 0.6 is 0 Å². The van der Waals surface area contributed by atoms with Gasteiger partial charge in [-0.05, 0) is 36.6 Å². The molecule has 0 saturated carbocycles. The average molecular weight is 460 g/mol. The molecule has 8 heteroatoms. The first-order chi connectivity index (χ1) is 15.3. The van der Waals surface area contributed by atoms with Crippen molar-refractivity contribution in [2.24, 2.45) is 0 Å². The van der Waals surface area contributed by atoms with Crippen LogP contribution < -0.4 is 9.62 Å². The third-order valence-electron chi connectivity index (χ3n) is 5.59. The van der Waals surface area contributed by atoms with Gasteiger partial charge in [-0.15, -0.1) is 0 Å². The summed E-state index contributed by atoms with van der Waals surface area (Å²) >= 11 is 0. The zero-order valence-electron chi connectivity index (χ0n) is 19.1. The van der Waals surface area contributed by atoms with Crippen LogP contribution in [0.4, 0.5) is 5.69 Å². The molecule has 1 saturated heterocycles. The van der Waals surface area contributed by atoms with Gasteiger partial charge in [0.1, 0.15) is 6.04 Å². The number of carbonyl (C=O) groups excluding carboxylic acids is 1. The quantitative estimate of drug-likeness (QED) is 0.624. The van der Waals surface area contributed by atoms with Crippen molar-refractivity contribution in [3.8, 4) is 0 Å². The second kappa shape index (κ2) is 10.9. The normalized spacial score (nSPS) is 15.8. The third kappa shape index (κ3) is 6.54. The number of sulfonamides is 1. The lowest BCUT2D eigenvalue weighted by Crippen LogP contribution is -2.49. The van der Waals surface area contributed by atoms with Gasteiger partial charge in [0, 0.05) is 26.2 Å². The molecule has 174 valence electrons. The van der Waals surface area contributed by atoms with Crippen LogP contribution in [0.3, 0.4) is 0 Å². The second-order valence-corrected chi connectivity index (χ2v) is 10.1. The van der Waals surface area contributed by atoms with Crippen LogP contribution in [0.1, 0.15) is 30.0 Å². The first-order valence-electron chi connectivity index (χ1n) is 11.0. The summed E-state index contributed by atoms with van der Waals surface area (Å²) in [6, 6.07) is 14.5. The minimum Gasteiger partial charge on any atom is -0.379 e. The highest BCUT2D eigenvalue weighted by molar-refractivity contribution is 7.92. The van der Waals surface area contributed by atoms with E-state index < -0.39 is 16.1 Å². The molecule has 1 N–H and O–H groups in total. The Kier molecular flexibility index (Phi) is 8.28. The largest absolute Gasteiger partial charge is 0.379 e. The van der Waals surface area contributed by atoms with E-state index in [9.17, 15) is 13.2 Å². The molecule has 0 spiro atoms. The van der Waals surface area contributed by atoms with Gasteiger partial charge in [-0.1, -0.05) is 48.9 Å². The number of aryl methyl sites for hydroxylation is 1. The molecule has 2 aromatic rings. The Morgan fingerprint density at radius 2 is 1.78 bits per heavy atom. The minimum absolute atomic E-state index is 0.308. The van der Waals surface area contributed by atoms with E-state index in [1.165, 1.54) is 9.87 Å². The Morgan fingerprint density at radius 3 is 2.41 bits per heavy atom. The number of morpholine rings is 1. The number of anilines is 1. The number of hydrogen-bond donors (Lipinski definition) is 1. The number of hydrogen-bond acceptors (Lipinski definition) is 5. The van der Waals surface area contributed by atoms with E-state index in [2.05, 4.69) is 22.3 Å². The van der Waals surface area contributed by atoms with Crippen molar-refractivity contribution in [2.45, 2.75) is 39.4 Å². The molecule has 1 aliphatic heterocycles. The zero-order valence-corrected chi connectivity index (χ0v) is 19.9. The summed E-state index contributed by atoms with van der Waals surface area (Å²) in [6.07, 6.45) is 1.50. The predicted molar refractivity (Wildman–Crippen MR) is 127 cm³/mol. The molecule has 1 atom stereocenters. The molecule has 0 bridgehead atoms. The molecule has 2 aromatic carbocycles. The number of nitrogens with one attached hydrogen (secondary N) is 1. The van der Waals surface area contributed by atoms with Gasteiger partial charge in [0.2, 0.25) is 15.9 Å². The van der Waals surface area contributed by atoms with Gasteiger partial charge in [-0.3, -0.25) is 14.0 Å². The van der Waals surface area contributed by atoms with Crippen molar-refractivity contribution in [1.29, 1.82) is 0 Å². The third-order valence-corrected chi connectivity index (χ3v) is 6.77. The molecule has 0 aromatic heterocycles. The van der Waals surface area contributed by atoms with E-state index in [0.717, 1.165) is 50.2 Å². The zero-order chi connectivity index (χ0) is 23.1. The standard InChI is InChI=1S/C24H33N3O4S/c1-4-23(27(32(3,29)30)22-10-8-19(2)9-11-22)24(28)25-17-20-6-5-7-21(16-20)18-26-12-14-31-15-13-26/h5-11,16,23H,4,12-15,17-18H2,1-3H3,(H,25,28)/t23-/m1/s1. The minimum atomic E-state index is -3.64. The van der Waals surface area contributed by atoms with E-state index >= 15 is 0 Å². The van der Waals surface area contributed by atoms with Gasteiger partial charge in [-0.25, -0.2) is 8.42 Å². The number of rotatable bonds is 9. The summed E-state index contributed by atoms with van der Waals surface area (Å²) in [5, 5.41) is 2.94. The molecule has 1 fully saturated rings. The lowest BCUT2D eigenvalue weighted by Gasteiger charge is -2.30. The lowest BCUT2D eigenvalue weighted by atomic mass is 10.1. The summed E-state index contributed by atoms with van der Waals surface area (Å²) in [5.74, 6) is -0.308. The highest BCUT2D eigenvalue weighted by Crippen LogP contribution is 2.23. The Morgan fingerprint density at radius 1 is 1.12 bits per heavy atom. The fourth-order valence-electron chi connectivity index (χ4n) is 3.91. The molecule has 1 heterocycles. The van der Waals surface area contributed by atoms with Crippen LogP contribution in [-0.2, 0) is 32.6 Å². The summed E-state index contributed by atoms with van der Waals surface area (Å²) in [7, 11) is -3.64. The molecule has 1 amide bonds. The second-order valence-electron chi connectivity index (χ2n) is 8.24. The Labute approximate surface area is 191 Å². The molecule has 0 aliphatic carbocycles. The molecule has 3 rings (SSSR count). The molecule has 1 aliphatic rings. The molecule has 0 unspecified atom stereocenters. The van der Waals surface area contributed by atoms with E-state index in [1.54, 1.807) is 12.1 Å². The van der Waals surface area contributed by atoms with Crippen LogP contribution in [0, 0.1) is 6.92 Å². The van der Waals surface area contributed by atoms with Crippen molar-refractivity contribution < 1.29 is 17.9 Å². The highest BCUT2D eigenvalue weighted by Gasteiger charge is 2.31. The van der Waals surface area contributed by atoms with Crippen LogP contribution in [0.15, 0.2) is 48.5 Å². The van der Waals surface area contributed by atoms with Crippen molar-refractivity contribution in [3.05, 3.63) is 65.2 Å². The molecule has 0 radical (unpaired) electrons. The smallest absolute Gasteiger partial charge is 0.244 e. The monoisotopic (exact) mass is 459 g/mol. The van der Waals surface area contributed by atoms with E-state index in [-0.39, 0.29) is 5.91 Å². The lowest BCUT2D eigenvalue weighted by molar-refractivity contribution is -0.122. The van der Waals surface area contributed by atoms with Crippen molar-refractivity contribution in [2.75, 3.05) is 36.9 Å². The van der Waals surface area contributed by atoms with Crippen molar-refractivity contribution >= 4 is 21.6 Å². The number of carbonyl (C=O) groups is 1. The molecule has 32 heavy (non-hydrogen) atoms. The predicted octanol–water partition coefficient (Wildman–Crippen LogP) is 2.69. The molecular formula is C24H33N3O4S. The summed E-state index contributed by atoms with van der Waals surface area (Å²) in [5.41, 5.74) is 3.69. The first kappa shape index (κ1) is 24.2. The molecular weight excluding hydrogens is 426 g/mol. The Balaban J connectivity index is 1.69. The van der Waals surface area contributed by atoms with E-state index in [1.807, 2.05) is 38.1 Å². The highest BCUT2D eigenvalue weighted by atomic mass is 32.2. The maximum absolute atomic E-state index is 13.0. The fraction of sp³-hybridized carbons (Fsp3) is 0.458. The fourth-order valence-corrected chi connectivity index (χ4v) is 5.13. The van der Waals surface area contributed by atoms with Crippen molar-refractivity contribution in [3.63, 3.8) is 0 Å².